The van der Waals surface area contributed by atoms with Gasteiger partial charge in [-0.15, -0.1) is 0 Å². The molecule has 0 atom stereocenters. The van der Waals surface area contributed by atoms with Crippen LogP contribution in [0, 0.1) is 6.42 Å². The highest BCUT2D eigenvalue weighted by Crippen LogP contribution is 2.11. The van der Waals surface area contributed by atoms with Crippen LogP contribution in [0.3, 0.4) is 0 Å². The summed E-state index contributed by atoms with van der Waals surface area (Å²) < 4.78 is 0. The van der Waals surface area contributed by atoms with Gasteiger partial charge in [0.15, 0.2) is 0 Å². The molecule has 0 aliphatic rings. The molecule has 1 rings (SSSR count). The van der Waals surface area contributed by atoms with Crippen LogP contribution < -0.4 is 0 Å². The molecule has 0 heterocycles. The molecule has 59 valence electrons. The summed E-state index contributed by atoms with van der Waals surface area (Å²) in [4.78, 5) is 0. The van der Waals surface area contributed by atoms with Gasteiger partial charge < -0.3 is 5.11 Å². The summed E-state index contributed by atoms with van der Waals surface area (Å²) >= 11 is 5.68. The van der Waals surface area contributed by atoms with Crippen molar-refractivity contribution in [3.63, 3.8) is 0 Å². The van der Waals surface area contributed by atoms with Gasteiger partial charge in [-0.25, -0.2) is 0 Å². The second-order valence-corrected chi connectivity index (χ2v) is 2.70. The third-order valence-electron chi connectivity index (χ3n) is 1.38. The summed E-state index contributed by atoms with van der Waals surface area (Å²) in [5.74, 6) is 0. The average molecular weight is 170 g/mol. The molecule has 0 unspecified atom stereocenters. The monoisotopic (exact) mass is 169 g/mol. The van der Waals surface area contributed by atoms with Crippen molar-refractivity contribution in [2.24, 2.45) is 0 Å². The van der Waals surface area contributed by atoms with Crippen molar-refractivity contribution >= 4 is 11.6 Å². The zero-order valence-corrected chi connectivity index (χ0v) is 6.88. The molecule has 0 aliphatic heterocycles. The van der Waals surface area contributed by atoms with Gasteiger partial charge in [-0.3, -0.25) is 0 Å². The summed E-state index contributed by atoms with van der Waals surface area (Å²) in [6, 6.07) is 7.53. The lowest BCUT2D eigenvalue weighted by Gasteiger charge is -1.97. The van der Waals surface area contributed by atoms with Crippen LogP contribution in [-0.2, 0) is 0 Å². The fraction of sp³-hybridized carbons (Fsp3) is 0.222. The van der Waals surface area contributed by atoms with E-state index in [1.54, 1.807) is 0 Å². The lowest BCUT2D eigenvalue weighted by atomic mass is 10.1. The molecule has 1 radical (unpaired) electrons. The maximum atomic E-state index is 8.52. The van der Waals surface area contributed by atoms with E-state index in [4.69, 9.17) is 16.7 Å². The van der Waals surface area contributed by atoms with Crippen LogP contribution in [0.15, 0.2) is 24.3 Å². The molecule has 0 spiro atoms. The molecule has 1 aromatic carbocycles. The van der Waals surface area contributed by atoms with Gasteiger partial charge in [-0.05, 0) is 30.5 Å². The van der Waals surface area contributed by atoms with Crippen molar-refractivity contribution in [3.05, 3.63) is 41.3 Å². The van der Waals surface area contributed by atoms with E-state index in [0.717, 1.165) is 10.6 Å². The van der Waals surface area contributed by atoms with Gasteiger partial charge in [0.1, 0.15) is 0 Å². The smallest absolute Gasteiger partial charge is 0.0437 e. The molecule has 0 aliphatic carbocycles. The van der Waals surface area contributed by atoms with Gasteiger partial charge in [0, 0.05) is 11.6 Å². The molecule has 2 heteroatoms. The normalized spacial score (nSPS) is 10.0. The number of hydrogen-bond acceptors (Lipinski definition) is 1. The van der Waals surface area contributed by atoms with Crippen molar-refractivity contribution in [1.29, 1.82) is 0 Å². The van der Waals surface area contributed by atoms with E-state index >= 15 is 0 Å². The Bertz CT molecular complexity index is 205. The van der Waals surface area contributed by atoms with Crippen LogP contribution in [0.4, 0.5) is 0 Å². The lowest BCUT2D eigenvalue weighted by molar-refractivity contribution is 0.299. The Morgan fingerprint density at radius 3 is 2.45 bits per heavy atom. The first-order chi connectivity index (χ1) is 5.33. The zero-order chi connectivity index (χ0) is 8.10. The zero-order valence-electron chi connectivity index (χ0n) is 6.13. The van der Waals surface area contributed by atoms with Gasteiger partial charge in [0.25, 0.3) is 0 Å². The molecule has 0 bridgehead atoms. The maximum Gasteiger partial charge on any atom is 0.0437 e. The minimum Gasteiger partial charge on any atom is -0.396 e. The fourth-order valence-electron chi connectivity index (χ4n) is 0.830. The quantitative estimate of drug-likeness (QED) is 0.736. The second kappa shape index (κ2) is 4.37. The minimum absolute atomic E-state index is 0.197. The third kappa shape index (κ3) is 2.91. The third-order valence-corrected chi connectivity index (χ3v) is 1.63. The van der Waals surface area contributed by atoms with Gasteiger partial charge >= 0.3 is 0 Å². The maximum absolute atomic E-state index is 8.52. The number of rotatable bonds is 3. The average Bonchev–Trinajstić information content (AvgIpc) is 2.04. The Kier molecular flexibility index (Phi) is 3.40. The van der Waals surface area contributed by atoms with E-state index in [1.807, 2.05) is 30.7 Å². The van der Waals surface area contributed by atoms with Crippen molar-refractivity contribution in [1.82, 2.24) is 0 Å². The standard InChI is InChI=1S/C9H10ClO/c10-9-5-3-8(4-6-9)2-1-7-11/h2-6,11H,1,7H2. The summed E-state index contributed by atoms with van der Waals surface area (Å²) in [5, 5.41) is 9.27. The van der Waals surface area contributed by atoms with Gasteiger partial charge in [-0.1, -0.05) is 23.7 Å². The van der Waals surface area contributed by atoms with Crippen molar-refractivity contribution in [3.8, 4) is 0 Å². The highest BCUT2D eigenvalue weighted by molar-refractivity contribution is 6.30. The first kappa shape index (κ1) is 8.57. The number of hydrogen-bond donors (Lipinski definition) is 1. The summed E-state index contributed by atoms with van der Waals surface area (Å²) in [6.45, 7) is 0.197. The summed E-state index contributed by atoms with van der Waals surface area (Å²) in [5.41, 5.74) is 1.10. The molecule has 11 heavy (non-hydrogen) atoms. The molecule has 1 aromatic rings. The molecule has 0 saturated heterocycles. The summed E-state index contributed by atoms with van der Waals surface area (Å²) in [6.07, 6.45) is 2.66. The second-order valence-electron chi connectivity index (χ2n) is 2.27. The van der Waals surface area contributed by atoms with Gasteiger partial charge in [0.2, 0.25) is 0 Å². The predicted molar refractivity (Wildman–Crippen MR) is 46.6 cm³/mol. The molecule has 1 nitrogen and oxygen atoms in total. The van der Waals surface area contributed by atoms with E-state index in [0.29, 0.717) is 6.42 Å². The molecule has 1 N–H and O–H groups in total. The van der Waals surface area contributed by atoms with Crippen molar-refractivity contribution in [2.75, 3.05) is 6.61 Å². The first-order valence-electron chi connectivity index (χ1n) is 3.52. The van der Waals surface area contributed by atoms with Crippen LogP contribution in [0.2, 0.25) is 5.02 Å². The minimum atomic E-state index is 0.197. The highest BCUT2D eigenvalue weighted by Gasteiger charge is 1.91. The van der Waals surface area contributed by atoms with E-state index in [1.165, 1.54) is 0 Å². The molecule has 0 aromatic heterocycles. The Morgan fingerprint density at radius 1 is 1.27 bits per heavy atom. The number of aliphatic hydroxyl groups excluding tert-OH is 1. The highest BCUT2D eigenvalue weighted by atomic mass is 35.5. The SMILES string of the molecule is OCC[CH]c1ccc(Cl)cc1. The van der Waals surface area contributed by atoms with E-state index < -0.39 is 0 Å². The fourth-order valence-corrected chi connectivity index (χ4v) is 0.956. The lowest BCUT2D eigenvalue weighted by Crippen LogP contribution is -1.85. The number of halogens is 1. The van der Waals surface area contributed by atoms with Crippen molar-refractivity contribution in [2.45, 2.75) is 6.42 Å². The molecular weight excluding hydrogens is 160 g/mol. The van der Waals surface area contributed by atoms with Crippen LogP contribution in [-0.4, -0.2) is 11.7 Å². The van der Waals surface area contributed by atoms with Gasteiger partial charge in [0.05, 0.1) is 0 Å². The van der Waals surface area contributed by atoms with Crippen LogP contribution in [0.5, 0.6) is 0 Å². The van der Waals surface area contributed by atoms with E-state index in [9.17, 15) is 0 Å². The van der Waals surface area contributed by atoms with E-state index in [-0.39, 0.29) is 6.61 Å². The number of aliphatic hydroxyl groups is 1. The summed E-state index contributed by atoms with van der Waals surface area (Å²) in [7, 11) is 0. The molecular formula is C9H10ClO. The van der Waals surface area contributed by atoms with Crippen LogP contribution in [0.1, 0.15) is 12.0 Å². The van der Waals surface area contributed by atoms with Gasteiger partial charge in [-0.2, -0.15) is 0 Å². The predicted octanol–water partition coefficient (Wildman–Crippen LogP) is 2.27. The molecule has 0 amide bonds. The molecule has 0 saturated carbocycles. The van der Waals surface area contributed by atoms with Crippen LogP contribution >= 0.6 is 11.6 Å². The Balaban J connectivity index is 2.52. The largest absolute Gasteiger partial charge is 0.396 e. The van der Waals surface area contributed by atoms with Crippen molar-refractivity contribution < 1.29 is 5.11 Å². The topological polar surface area (TPSA) is 20.2 Å². The van der Waals surface area contributed by atoms with Crippen LogP contribution in [0.25, 0.3) is 0 Å². The Morgan fingerprint density at radius 2 is 1.91 bits per heavy atom. The molecule has 0 fully saturated rings. The first-order valence-corrected chi connectivity index (χ1v) is 3.90. The Hall–Kier alpha value is -0.530. The Labute approximate surface area is 71.6 Å². The van der Waals surface area contributed by atoms with E-state index in [2.05, 4.69) is 0 Å². The number of benzene rings is 1.